The largest absolute Gasteiger partial charge is 0.352 e. The fraction of sp³-hybridized carbons (Fsp3) is 0.333. The number of amides is 1. The number of anilines is 2. The number of aryl methyl sites for hydroxylation is 1. The zero-order chi connectivity index (χ0) is 16.7. The van der Waals surface area contributed by atoms with Gasteiger partial charge in [0.05, 0.1) is 0 Å². The first-order chi connectivity index (χ1) is 11.1. The highest BCUT2D eigenvalue weighted by atomic mass is 79.9. The van der Waals surface area contributed by atoms with Crippen molar-refractivity contribution in [1.82, 2.24) is 10.3 Å². The van der Waals surface area contributed by atoms with Gasteiger partial charge in [0.15, 0.2) is 0 Å². The fourth-order valence-electron chi connectivity index (χ4n) is 2.19. The van der Waals surface area contributed by atoms with E-state index in [0.29, 0.717) is 17.9 Å². The molecule has 1 heterocycles. The van der Waals surface area contributed by atoms with Crippen LogP contribution in [-0.2, 0) is 0 Å². The van der Waals surface area contributed by atoms with E-state index in [1.165, 1.54) is 0 Å². The third kappa shape index (κ3) is 5.36. The van der Waals surface area contributed by atoms with E-state index in [9.17, 15) is 4.79 Å². The van der Waals surface area contributed by atoms with Crippen LogP contribution in [0.3, 0.4) is 0 Å². The Labute approximate surface area is 145 Å². The molecule has 0 atom stereocenters. The van der Waals surface area contributed by atoms with Crippen molar-refractivity contribution in [2.75, 3.05) is 11.9 Å². The van der Waals surface area contributed by atoms with Gasteiger partial charge in [0.2, 0.25) is 0 Å². The van der Waals surface area contributed by atoms with E-state index in [1.807, 2.05) is 25.1 Å². The van der Waals surface area contributed by atoms with Crippen LogP contribution in [0.2, 0.25) is 0 Å². The summed E-state index contributed by atoms with van der Waals surface area (Å²) in [6.07, 6.45) is 4.93. The number of aromatic nitrogens is 1. The maximum atomic E-state index is 12.1. The van der Waals surface area contributed by atoms with E-state index in [4.69, 9.17) is 0 Å². The molecule has 4 nitrogen and oxygen atoms in total. The normalized spacial score (nSPS) is 10.4. The molecule has 0 unspecified atom stereocenters. The summed E-state index contributed by atoms with van der Waals surface area (Å²) in [7, 11) is 0. The van der Waals surface area contributed by atoms with Crippen LogP contribution in [0.15, 0.2) is 41.0 Å². The zero-order valence-electron chi connectivity index (χ0n) is 13.5. The Morgan fingerprint density at radius 3 is 2.78 bits per heavy atom. The number of hydrogen-bond donors (Lipinski definition) is 2. The van der Waals surface area contributed by atoms with Crippen LogP contribution in [0, 0.1) is 6.92 Å². The number of unbranched alkanes of at least 4 members (excludes halogenated alkanes) is 2. The van der Waals surface area contributed by atoms with Crippen molar-refractivity contribution in [3.63, 3.8) is 0 Å². The maximum Gasteiger partial charge on any atom is 0.251 e. The van der Waals surface area contributed by atoms with Crippen molar-refractivity contribution in [1.29, 1.82) is 0 Å². The van der Waals surface area contributed by atoms with Gasteiger partial charge in [-0.15, -0.1) is 0 Å². The SMILES string of the molecule is CCCCCNC(=O)c1ccnc(Nc2ccc(Br)c(C)c2)c1. The lowest BCUT2D eigenvalue weighted by molar-refractivity contribution is 0.0953. The number of benzene rings is 1. The molecule has 0 spiro atoms. The van der Waals surface area contributed by atoms with Crippen molar-refractivity contribution >= 4 is 33.3 Å². The number of halogens is 1. The minimum absolute atomic E-state index is 0.0569. The van der Waals surface area contributed by atoms with Gasteiger partial charge in [0, 0.05) is 28.5 Å². The summed E-state index contributed by atoms with van der Waals surface area (Å²) in [6.45, 7) is 4.89. The van der Waals surface area contributed by atoms with Gasteiger partial charge in [0.1, 0.15) is 5.82 Å². The van der Waals surface area contributed by atoms with Crippen LogP contribution < -0.4 is 10.6 Å². The molecule has 0 aliphatic carbocycles. The summed E-state index contributed by atoms with van der Waals surface area (Å²) in [5.74, 6) is 0.603. The van der Waals surface area contributed by atoms with E-state index in [2.05, 4.69) is 38.5 Å². The van der Waals surface area contributed by atoms with E-state index >= 15 is 0 Å². The molecule has 0 saturated heterocycles. The Bertz CT molecular complexity index is 673. The predicted octanol–water partition coefficient (Wildman–Crippen LogP) is 4.82. The molecule has 2 rings (SSSR count). The van der Waals surface area contributed by atoms with Gasteiger partial charge < -0.3 is 10.6 Å². The quantitative estimate of drug-likeness (QED) is 0.682. The second kappa shape index (κ2) is 8.67. The van der Waals surface area contributed by atoms with E-state index in [0.717, 1.165) is 35.0 Å². The number of pyridine rings is 1. The summed E-state index contributed by atoms with van der Waals surface area (Å²) < 4.78 is 1.07. The summed E-state index contributed by atoms with van der Waals surface area (Å²) in [4.78, 5) is 16.4. The highest BCUT2D eigenvalue weighted by molar-refractivity contribution is 9.10. The van der Waals surface area contributed by atoms with Gasteiger partial charge in [-0.3, -0.25) is 4.79 Å². The molecule has 0 radical (unpaired) electrons. The second-order valence-corrected chi connectivity index (χ2v) is 6.34. The van der Waals surface area contributed by atoms with Gasteiger partial charge in [-0.2, -0.15) is 0 Å². The number of carbonyl (C=O) groups excluding carboxylic acids is 1. The third-order valence-corrected chi connectivity index (χ3v) is 4.41. The highest BCUT2D eigenvalue weighted by Crippen LogP contribution is 2.22. The van der Waals surface area contributed by atoms with Crippen LogP contribution >= 0.6 is 15.9 Å². The first kappa shape index (κ1) is 17.5. The molecule has 0 bridgehead atoms. The smallest absolute Gasteiger partial charge is 0.251 e. The van der Waals surface area contributed by atoms with Crippen molar-refractivity contribution in [2.24, 2.45) is 0 Å². The Hall–Kier alpha value is -1.88. The summed E-state index contributed by atoms with van der Waals surface area (Å²) in [5, 5.41) is 6.17. The molecule has 0 saturated carbocycles. The summed E-state index contributed by atoms with van der Waals surface area (Å²) >= 11 is 3.48. The topological polar surface area (TPSA) is 54.0 Å². The molecule has 5 heteroatoms. The van der Waals surface area contributed by atoms with E-state index < -0.39 is 0 Å². The van der Waals surface area contributed by atoms with E-state index in [1.54, 1.807) is 18.3 Å². The Balaban J connectivity index is 2.01. The minimum atomic E-state index is -0.0569. The molecule has 1 aromatic heterocycles. The first-order valence-corrected chi connectivity index (χ1v) is 8.67. The molecule has 2 N–H and O–H groups in total. The molecule has 2 aromatic rings. The lowest BCUT2D eigenvalue weighted by atomic mass is 10.2. The van der Waals surface area contributed by atoms with Crippen LogP contribution in [0.5, 0.6) is 0 Å². The predicted molar refractivity (Wildman–Crippen MR) is 98.3 cm³/mol. The van der Waals surface area contributed by atoms with Gasteiger partial charge in [-0.05, 0) is 49.2 Å². The van der Waals surface area contributed by atoms with Gasteiger partial charge in [-0.1, -0.05) is 35.7 Å². The molecule has 122 valence electrons. The number of rotatable bonds is 7. The molecular weight excluding hydrogens is 354 g/mol. The molecule has 0 aliphatic heterocycles. The zero-order valence-corrected chi connectivity index (χ0v) is 15.1. The average Bonchev–Trinajstić information content (AvgIpc) is 2.55. The fourth-order valence-corrected chi connectivity index (χ4v) is 2.44. The van der Waals surface area contributed by atoms with Crippen molar-refractivity contribution in [3.8, 4) is 0 Å². The van der Waals surface area contributed by atoms with Crippen LogP contribution in [0.4, 0.5) is 11.5 Å². The Morgan fingerprint density at radius 2 is 2.04 bits per heavy atom. The minimum Gasteiger partial charge on any atom is -0.352 e. The second-order valence-electron chi connectivity index (χ2n) is 5.48. The van der Waals surface area contributed by atoms with Gasteiger partial charge in [-0.25, -0.2) is 4.98 Å². The standard InChI is InChI=1S/C18H22BrN3O/c1-3-4-5-9-21-18(23)14-8-10-20-17(12-14)22-15-6-7-16(19)13(2)11-15/h6-8,10-12H,3-5,9H2,1-2H3,(H,20,22)(H,21,23). The van der Waals surface area contributed by atoms with Crippen molar-refractivity contribution < 1.29 is 4.79 Å². The summed E-state index contributed by atoms with van der Waals surface area (Å²) in [6, 6.07) is 9.49. The van der Waals surface area contributed by atoms with Crippen LogP contribution in [-0.4, -0.2) is 17.4 Å². The van der Waals surface area contributed by atoms with Crippen molar-refractivity contribution in [2.45, 2.75) is 33.1 Å². The van der Waals surface area contributed by atoms with Crippen LogP contribution in [0.1, 0.15) is 42.1 Å². The lowest BCUT2D eigenvalue weighted by Gasteiger charge is -2.09. The molecule has 1 amide bonds. The summed E-state index contributed by atoms with van der Waals surface area (Å²) in [5.41, 5.74) is 2.70. The Morgan fingerprint density at radius 1 is 1.22 bits per heavy atom. The molecule has 1 aromatic carbocycles. The Kier molecular flexibility index (Phi) is 6.59. The molecule has 0 aliphatic rings. The van der Waals surface area contributed by atoms with E-state index in [-0.39, 0.29) is 5.91 Å². The van der Waals surface area contributed by atoms with Crippen LogP contribution in [0.25, 0.3) is 0 Å². The number of nitrogens with zero attached hydrogens (tertiary/aromatic N) is 1. The molecule has 0 fully saturated rings. The van der Waals surface area contributed by atoms with Crippen molar-refractivity contribution in [3.05, 3.63) is 52.1 Å². The number of carbonyl (C=O) groups is 1. The average molecular weight is 376 g/mol. The van der Waals surface area contributed by atoms with Gasteiger partial charge >= 0.3 is 0 Å². The van der Waals surface area contributed by atoms with Gasteiger partial charge in [0.25, 0.3) is 5.91 Å². The lowest BCUT2D eigenvalue weighted by Crippen LogP contribution is -2.24. The monoisotopic (exact) mass is 375 g/mol. The maximum absolute atomic E-state index is 12.1. The highest BCUT2D eigenvalue weighted by Gasteiger charge is 2.07. The molecule has 23 heavy (non-hydrogen) atoms. The third-order valence-electron chi connectivity index (χ3n) is 3.52. The first-order valence-electron chi connectivity index (χ1n) is 7.87. The number of hydrogen-bond acceptors (Lipinski definition) is 3. The molecular formula is C18H22BrN3O. The number of nitrogens with one attached hydrogen (secondary N) is 2.